The normalized spacial score (nSPS) is 23.6. The van der Waals surface area contributed by atoms with Crippen LogP contribution in [0.1, 0.15) is 32.6 Å². The minimum Gasteiger partial charge on any atom is -0.0857 e. The Labute approximate surface area is 57.7 Å². The van der Waals surface area contributed by atoms with E-state index < -0.39 is 0 Å². The summed E-state index contributed by atoms with van der Waals surface area (Å²) in [7, 11) is 0. The van der Waals surface area contributed by atoms with E-state index in [2.05, 4.69) is 12.8 Å². The van der Waals surface area contributed by atoms with Crippen LogP contribution >= 0.6 is 0 Å². The second kappa shape index (κ2) is 2.92. The maximum Gasteiger partial charge on any atom is 0.0213 e. The zero-order chi connectivity index (χ0) is 6.69. The van der Waals surface area contributed by atoms with E-state index in [1.165, 1.54) is 25.7 Å². The van der Waals surface area contributed by atoms with Crippen LogP contribution in [0.5, 0.6) is 0 Å². The third kappa shape index (κ3) is 1.48. The fourth-order valence-electron chi connectivity index (χ4n) is 1.58. The highest BCUT2D eigenvalue weighted by atomic mass is 14.2. The molecule has 0 nitrogen and oxygen atoms in total. The van der Waals surface area contributed by atoms with Gasteiger partial charge < -0.3 is 0 Å². The van der Waals surface area contributed by atoms with Crippen molar-refractivity contribution in [2.75, 3.05) is 0 Å². The number of hydrogen-bond acceptors (Lipinski definition) is 0. The van der Waals surface area contributed by atoms with Crippen molar-refractivity contribution < 1.29 is 0 Å². The number of hydrogen-bond donors (Lipinski definition) is 0. The van der Waals surface area contributed by atoms with Crippen LogP contribution in [-0.2, 0) is 0 Å². The molecule has 0 heteroatoms. The maximum atomic E-state index is 6.92. The maximum absolute atomic E-state index is 6.92. The minimum absolute atomic E-state index is 0.410. The zero-order valence-electron chi connectivity index (χ0n) is 5.98. The second-order valence-corrected chi connectivity index (χ2v) is 2.98. The van der Waals surface area contributed by atoms with Crippen molar-refractivity contribution in [3.8, 4) is 5.92 Å². The third-order valence-electron chi connectivity index (χ3n) is 2.33. The SMILES string of the molecule is [C]#CC(C)C1CCCC1. The Morgan fingerprint density at radius 1 is 1.44 bits per heavy atom. The lowest BCUT2D eigenvalue weighted by Gasteiger charge is -2.10. The molecule has 0 aromatic rings. The molecule has 1 aliphatic rings. The Bertz CT molecular complexity index is 112. The smallest absolute Gasteiger partial charge is 0.0213 e. The summed E-state index contributed by atoms with van der Waals surface area (Å²) >= 11 is 0. The number of rotatable bonds is 1. The van der Waals surface area contributed by atoms with E-state index in [1.54, 1.807) is 0 Å². The van der Waals surface area contributed by atoms with Gasteiger partial charge >= 0.3 is 0 Å². The minimum atomic E-state index is 0.410. The van der Waals surface area contributed by atoms with Gasteiger partial charge in [-0.3, -0.25) is 0 Å². The highest BCUT2D eigenvalue weighted by Crippen LogP contribution is 2.30. The van der Waals surface area contributed by atoms with Crippen LogP contribution in [0.15, 0.2) is 0 Å². The lowest BCUT2D eigenvalue weighted by molar-refractivity contribution is 0.446. The molecule has 0 N–H and O–H groups in total. The van der Waals surface area contributed by atoms with Gasteiger partial charge in [0.25, 0.3) is 0 Å². The predicted octanol–water partition coefficient (Wildman–Crippen LogP) is 2.40. The Morgan fingerprint density at radius 2 is 2.00 bits per heavy atom. The molecular formula is C9H13. The van der Waals surface area contributed by atoms with Gasteiger partial charge in [-0.05, 0) is 25.2 Å². The van der Waals surface area contributed by atoms with Gasteiger partial charge in [-0.25, -0.2) is 0 Å². The highest BCUT2D eigenvalue weighted by Gasteiger charge is 2.19. The second-order valence-electron chi connectivity index (χ2n) is 2.98. The first kappa shape index (κ1) is 6.68. The Morgan fingerprint density at radius 3 is 2.44 bits per heavy atom. The monoisotopic (exact) mass is 121 g/mol. The largest absolute Gasteiger partial charge is 0.0857 e. The average molecular weight is 121 g/mol. The first-order chi connectivity index (χ1) is 4.34. The van der Waals surface area contributed by atoms with Crippen molar-refractivity contribution in [1.29, 1.82) is 0 Å². The van der Waals surface area contributed by atoms with Gasteiger partial charge in [0, 0.05) is 5.92 Å². The Kier molecular flexibility index (Phi) is 2.16. The molecule has 0 saturated heterocycles. The molecule has 1 radical (unpaired) electrons. The summed E-state index contributed by atoms with van der Waals surface area (Å²) in [5.41, 5.74) is 0. The van der Waals surface area contributed by atoms with Crippen LogP contribution in [0.2, 0.25) is 0 Å². The zero-order valence-corrected chi connectivity index (χ0v) is 5.98. The standard InChI is InChI=1S/C9H13/c1-3-8(2)9-6-4-5-7-9/h8-9H,4-7H2,2H3. The van der Waals surface area contributed by atoms with Gasteiger partial charge in [0.2, 0.25) is 0 Å². The summed E-state index contributed by atoms with van der Waals surface area (Å²) < 4.78 is 0. The summed E-state index contributed by atoms with van der Waals surface area (Å²) in [5.74, 6) is 3.75. The van der Waals surface area contributed by atoms with Gasteiger partial charge in [-0.2, -0.15) is 0 Å². The molecular weight excluding hydrogens is 108 g/mol. The molecule has 0 aromatic heterocycles. The van der Waals surface area contributed by atoms with E-state index in [9.17, 15) is 0 Å². The van der Waals surface area contributed by atoms with Gasteiger partial charge in [0.05, 0.1) is 0 Å². The summed E-state index contributed by atoms with van der Waals surface area (Å²) in [6.07, 6.45) is 12.3. The average Bonchev–Trinajstić information content (AvgIpc) is 2.37. The Balaban J connectivity index is 2.34. The van der Waals surface area contributed by atoms with Crippen LogP contribution in [0.25, 0.3) is 0 Å². The van der Waals surface area contributed by atoms with Gasteiger partial charge in [-0.15, -0.1) is 0 Å². The molecule has 0 aromatic carbocycles. The van der Waals surface area contributed by atoms with Crippen LogP contribution in [0, 0.1) is 24.2 Å². The van der Waals surface area contributed by atoms with Crippen molar-refractivity contribution in [2.24, 2.45) is 11.8 Å². The third-order valence-corrected chi connectivity index (χ3v) is 2.33. The fraction of sp³-hybridized carbons (Fsp3) is 0.778. The van der Waals surface area contributed by atoms with E-state index in [4.69, 9.17) is 6.42 Å². The molecule has 1 atom stereocenters. The van der Waals surface area contributed by atoms with E-state index >= 15 is 0 Å². The molecule has 0 spiro atoms. The van der Waals surface area contributed by atoms with Crippen molar-refractivity contribution in [3.63, 3.8) is 0 Å². The summed E-state index contributed by atoms with van der Waals surface area (Å²) in [6, 6.07) is 0. The molecule has 1 saturated carbocycles. The molecule has 1 fully saturated rings. The molecule has 1 aliphatic carbocycles. The Hall–Kier alpha value is -0.440. The van der Waals surface area contributed by atoms with Crippen molar-refractivity contribution >= 4 is 0 Å². The summed E-state index contributed by atoms with van der Waals surface area (Å²) in [4.78, 5) is 0. The van der Waals surface area contributed by atoms with Crippen molar-refractivity contribution in [1.82, 2.24) is 0 Å². The van der Waals surface area contributed by atoms with Gasteiger partial charge in [0.1, 0.15) is 0 Å². The van der Waals surface area contributed by atoms with Gasteiger partial charge in [0.15, 0.2) is 0 Å². The molecule has 1 rings (SSSR count). The van der Waals surface area contributed by atoms with E-state index in [-0.39, 0.29) is 0 Å². The van der Waals surface area contributed by atoms with E-state index in [0.717, 1.165) is 5.92 Å². The van der Waals surface area contributed by atoms with E-state index in [1.807, 2.05) is 0 Å². The topological polar surface area (TPSA) is 0 Å². The first-order valence-electron chi connectivity index (χ1n) is 3.77. The predicted molar refractivity (Wildman–Crippen MR) is 38.3 cm³/mol. The van der Waals surface area contributed by atoms with Crippen LogP contribution in [0.4, 0.5) is 0 Å². The quantitative estimate of drug-likeness (QED) is 0.467. The summed E-state index contributed by atoms with van der Waals surface area (Å²) in [5, 5.41) is 0. The highest BCUT2D eigenvalue weighted by molar-refractivity contribution is 4.90. The lowest BCUT2D eigenvalue weighted by Crippen LogP contribution is -2.03. The van der Waals surface area contributed by atoms with Crippen LogP contribution in [-0.4, -0.2) is 0 Å². The van der Waals surface area contributed by atoms with Crippen molar-refractivity contribution in [3.05, 3.63) is 6.42 Å². The molecule has 0 aliphatic heterocycles. The first-order valence-corrected chi connectivity index (χ1v) is 3.77. The molecule has 0 amide bonds. The van der Waals surface area contributed by atoms with Crippen LogP contribution in [0.3, 0.4) is 0 Å². The van der Waals surface area contributed by atoms with Crippen molar-refractivity contribution in [2.45, 2.75) is 32.6 Å². The van der Waals surface area contributed by atoms with E-state index in [0.29, 0.717) is 5.92 Å². The van der Waals surface area contributed by atoms with Crippen LogP contribution < -0.4 is 0 Å². The molecule has 0 heterocycles. The van der Waals surface area contributed by atoms with Gasteiger partial charge in [-0.1, -0.05) is 25.7 Å². The fourth-order valence-corrected chi connectivity index (χ4v) is 1.58. The summed E-state index contributed by atoms with van der Waals surface area (Å²) in [6.45, 7) is 2.10. The molecule has 0 bridgehead atoms. The lowest BCUT2D eigenvalue weighted by atomic mass is 9.94. The molecule has 9 heavy (non-hydrogen) atoms. The molecule has 1 unspecified atom stereocenters. The molecule has 49 valence electrons.